The van der Waals surface area contributed by atoms with Crippen LogP contribution in [0.3, 0.4) is 0 Å². The van der Waals surface area contributed by atoms with E-state index in [-0.39, 0.29) is 17.0 Å². The lowest BCUT2D eigenvalue weighted by atomic mass is 9.78. The van der Waals surface area contributed by atoms with Crippen LogP contribution in [0.4, 0.5) is 4.39 Å². The minimum Gasteiger partial charge on any atom is -0.345 e. The van der Waals surface area contributed by atoms with Crippen LogP contribution in [0.25, 0.3) is 0 Å². The molecular formula is C16H21ClFNO. The highest BCUT2D eigenvalue weighted by atomic mass is 35.5. The topological polar surface area (TPSA) is 29.1 Å². The number of alkyl halides is 1. The molecule has 2 rings (SSSR count). The molecule has 0 atom stereocenters. The average Bonchev–Trinajstić information content (AvgIpc) is 2.44. The smallest absolute Gasteiger partial charge is 0.254 e. The van der Waals surface area contributed by atoms with Gasteiger partial charge in [-0.1, -0.05) is 19.1 Å². The second kappa shape index (κ2) is 6.13. The van der Waals surface area contributed by atoms with Crippen LogP contribution in [-0.4, -0.2) is 17.3 Å². The Kier molecular flexibility index (Phi) is 4.69. The van der Waals surface area contributed by atoms with Gasteiger partial charge in [-0.2, -0.15) is 0 Å². The maximum Gasteiger partial charge on any atom is 0.254 e. The van der Waals surface area contributed by atoms with Crippen molar-refractivity contribution in [3.05, 3.63) is 35.1 Å². The van der Waals surface area contributed by atoms with Crippen LogP contribution in [0.15, 0.2) is 18.2 Å². The first-order valence-electron chi connectivity index (χ1n) is 7.11. The molecule has 1 amide bonds. The first kappa shape index (κ1) is 15.3. The Bertz CT molecular complexity index is 495. The van der Waals surface area contributed by atoms with Crippen LogP contribution >= 0.6 is 11.6 Å². The number of carbonyl (C=O) groups is 1. The molecule has 0 heterocycles. The van der Waals surface area contributed by atoms with Crippen molar-refractivity contribution in [3.8, 4) is 0 Å². The molecule has 1 aromatic rings. The van der Waals surface area contributed by atoms with E-state index in [1.807, 2.05) is 0 Å². The molecule has 0 saturated heterocycles. The van der Waals surface area contributed by atoms with E-state index in [0.29, 0.717) is 17.4 Å². The van der Waals surface area contributed by atoms with Gasteiger partial charge in [0.15, 0.2) is 0 Å². The molecule has 0 radical (unpaired) electrons. The molecule has 0 unspecified atom stereocenters. The normalized spacial score (nSPS) is 26.3. The second-order valence-corrected chi connectivity index (χ2v) is 6.25. The fourth-order valence-corrected chi connectivity index (χ4v) is 3.07. The molecule has 20 heavy (non-hydrogen) atoms. The first-order valence-corrected chi connectivity index (χ1v) is 7.64. The van der Waals surface area contributed by atoms with Crippen molar-refractivity contribution in [3.63, 3.8) is 0 Å². The van der Waals surface area contributed by atoms with E-state index in [1.54, 1.807) is 19.1 Å². The van der Waals surface area contributed by atoms with E-state index in [0.717, 1.165) is 25.7 Å². The third-order valence-electron chi connectivity index (χ3n) is 4.30. The van der Waals surface area contributed by atoms with Crippen molar-refractivity contribution >= 4 is 17.5 Å². The fraction of sp³-hybridized carbons (Fsp3) is 0.562. The zero-order chi connectivity index (χ0) is 14.8. The summed E-state index contributed by atoms with van der Waals surface area (Å²) in [5.41, 5.74) is 0.199. The monoisotopic (exact) mass is 297 g/mol. The molecule has 4 heteroatoms. The Labute approximate surface area is 124 Å². The highest BCUT2D eigenvalue weighted by Crippen LogP contribution is 2.33. The van der Waals surface area contributed by atoms with E-state index in [4.69, 9.17) is 11.6 Å². The zero-order valence-electron chi connectivity index (χ0n) is 12.0. The Morgan fingerprint density at radius 2 is 2.10 bits per heavy atom. The maximum atomic E-state index is 14.0. The predicted molar refractivity (Wildman–Crippen MR) is 79.7 cm³/mol. The van der Waals surface area contributed by atoms with Gasteiger partial charge < -0.3 is 5.32 Å². The van der Waals surface area contributed by atoms with E-state index >= 15 is 0 Å². The molecule has 1 aromatic carbocycles. The fourth-order valence-electron chi connectivity index (χ4n) is 2.74. The van der Waals surface area contributed by atoms with Gasteiger partial charge in [0, 0.05) is 5.88 Å². The maximum absolute atomic E-state index is 14.0. The molecule has 1 aliphatic carbocycles. The molecule has 1 aliphatic rings. The van der Waals surface area contributed by atoms with Crippen molar-refractivity contribution in [1.82, 2.24) is 5.32 Å². The van der Waals surface area contributed by atoms with Gasteiger partial charge in [0.05, 0.1) is 11.1 Å². The summed E-state index contributed by atoms with van der Waals surface area (Å²) in [6.07, 6.45) is 3.81. The number of hydrogen-bond acceptors (Lipinski definition) is 1. The number of aryl methyl sites for hydroxylation is 1. The average molecular weight is 298 g/mol. The number of amides is 1. The Balaban J connectivity index is 2.15. The van der Waals surface area contributed by atoms with Crippen molar-refractivity contribution < 1.29 is 9.18 Å². The summed E-state index contributed by atoms with van der Waals surface area (Å²) in [4.78, 5) is 12.3. The summed E-state index contributed by atoms with van der Waals surface area (Å²) in [5.74, 6) is 0.234. The number of hydrogen-bond donors (Lipinski definition) is 1. The number of carbonyl (C=O) groups excluding carboxylic acids is 1. The SMILES string of the molecule is Cc1cccc(C(=O)NC2(CCl)CCC(C)CC2)c1F. The highest BCUT2D eigenvalue weighted by molar-refractivity contribution is 6.19. The van der Waals surface area contributed by atoms with E-state index < -0.39 is 5.82 Å². The van der Waals surface area contributed by atoms with Gasteiger partial charge in [-0.05, 0) is 50.2 Å². The third-order valence-corrected chi connectivity index (χ3v) is 4.81. The largest absolute Gasteiger partial charge is 0.345 e. The minimum atomic E-state index is -0.445. The summed E-state index contributed by atoms with van der Waals surface area (Å²) < 4.78 is 14.0. The van der Waals surface area contributed by atoms with Crippen LogP contribution in [0.1, 0.15) is 48.5 Å². The quantitative estimate of drug-likeness (QED) is 0.838. The van der Waals surface area contributed by atoms with Crippen molar-refractivity contribution in [2.24, 2.45) is 5.92 Å². The second-order valence-electron chi connectivity index (χ2n) is 5.99. The van der Waals surface area contributed by atoms with Gasteiger partial charge in [0.25, 0.3) is 5.91 Å². The zero-order valence-corrected chi connectivity index (χ0v) is 12.8. The summed E-state index contributed by atoms with van der Waals surface area (Å²) >= 11 is 6.08. The summed E-state index contributed by atoms with van der Waals surface area (Å²) in [6.45, 7) is 3.87. The summed E-state index contributed by atoms with van der Waals surface area (Å²) in [5, 5.41) is 2.98. The molecule has 0 spiro atoms. The summed E-state index contributed by atoms with van der Waals surface area (Å²) in [6, 6.07) is 4.88. The van der Waals surface area contributed by atoms with Crippen LogP contribution in [0.5, 0.6) is 0 Å². The molecule has 1 saturated carbocycles. The molecular weight excluding hydrogens is 277 g/mol. The lowest BCUT2D eigenvalue weighted by Gasteiger charge is -2.38. The Morgan fingerprint density at radius 3 is 2.70 bits per heavy atom. The van der Waals surface area contributed by atoms with Gasteiger partial charge in [0.1, 0.15) is 5.82 Å². The lowest BCUT2D eigenvalue weighted by molar-refractivity contribution is 0.0868. The number of halogens is 2. The Morgan fingerprint density at radius 1 is 1.45 bits per heavy atom. The Hall–Kier alpha value is -1.09. The first-order chi connectivity index (χ1) is 9.47. The van der Waals surface area contributed by atoms with E-state index in [2.05, 4.69) is 12.2 Å². The standard InChI is InChI=1S/C16H21ClFNO/c1-11-6-8-16(10-17,9-7-11)19-15(20)13-5-3-4-12(2)14(13)18/h3-5,11H,6-10H2,1-2H3,(H,19,20). The van der Waals surface area contributed by atoms with Gasteiger partial charge in [-0.25, -0.2) is 4.39 Å². The third kappa shape index (κ3) is 3.14. The highest BCUT2D eigenvalue weighted by Gasteiger charge is 2.35. The van der Waals surface area contributed by atoms with Gasteiger partial charge >= 0.3 is 0 Å². The number of nitrogens with one attached hydrogen (secondary N) is 1. The van der Waals surface area contributed by atoms with Crippen molar-refractivity contribution in [1.29, 1.82) is 0 Å². The summed E-state index contributed by atoms with van der Waals surface area (Å²) in [7, 11) is 0. The molecule has 110 valence electrons. The van der Waals surface area contributed by atoms with Crippen LogP contribution in [0.2, 0.25) is 0 Å². The van der Waals surface area contributed by atoms with Gasteiger partial charge in [-0.3, -0.25) is 4.79 Å². The van der Waals surface area contributed by atoms with Gasteiger partial charge in [0.2, 0.25) is 0 Å². The van der Waals surface area contributed by atoms with Crippen LogP contribution < -0.4 is 5.32 Å². The number of rotatable bonds is 3. The molecule has 1 N–H and O–H groups in total. The minimum absolute atomic E-state index is 0.105. The van der Waals surface area contributed by atoms with Crippen molar-refractivity contribution in [2.75, 3.05) is 5.88 Å². The van der Waals surface area contributed by atoms with E-state index in [1.165, 1.54) is 6.07 Å². The van der Waals surface area contributed by atoms with E-state index in [9.17, 15) is 9.18 Å². The lowest BCUT2D eigenvalue weighted by Crippen LogP contribution is -2.52. The van der Waals surface area contributed by atoms with Crippen LogP contribution in [-0.2, 0) is 0 Å². The molecule has 2 nitrogen and oxygen atoms in total. The molecule has 0 aliphatic heterocycles. The van der Waals surface area contributed by atoms with Crippen LogP contribution in [0, 0.1) is 18.7 Å². The molecule has 0 bridgehead atoms. The molecule has 1 fully saturated rings. The van der Waals surface area contributed by atoms with Crippen molar-refractivity contribution in [2.45, 2.75) is 45.1 Å². The van der Waals surface area contributed by atoms with Gasteiger partial charge in [-0.15, -0.1) is 11.6 Å². The number of benzene rings is 1. The molecule has 0 aromatic heterocycles. The predicted octanol–water partition coefficient (Wildman–Crippen LogP) is 4.05.